The first kappa shape index (κ1) is 5.89. The second-order valence-electron chi connectivity index (χ2n) is 2.76. The van der Waals surface area contributed by atoms with Gasteiger partial charge in [-0.2, -0.15) is 0 Å². The minimum atomic E-state index is 0.178. The average Bonchev–Trinajstić information content (AvgIpc) is 2.65. The zero-order valence-electron chi connectivity index (χ0n) is 5.84. The highest BCUT2D eigenvalue weighted by molar-refractivity contribution is 6.44. The van der Waals surface area contributed by atoms with Crippen LogP contribution in [0.4, 0.5) is 0 Å². The van der Waals surface area contributed by atoms with Crippen molar-refractivity contribution in [3.8, 4) is 0 Å². The van der Waals surface area contributed by atoms with Gasteiger partial charge in [0.1, 0.15) is 5.71 Å². The van der Waals surface area contributed by atoms with Crippen molar-refractivity contribution in [1.82, 2.24) is 4.90 Å². The normalized spacial score (nSPS) is 22.8. The van der Waals surface area contributed by atoms with Crippen molar-refractivity contribution >= 4 is 11.6 Å². The van der Waals surface area contributed by atoms with E-state index in [0.29, 0.717) is 6.54 Å². The molecule has 0 aromatic rings. The molecule has 0 unspecified atom stereocenters. The first-order valence-electron chi connectivity index (χ1n) is 3.70. The molecule has 2 aliphatic heterocycles. The molecule has 0 saturated carbocycles. The van der Waals surface area contributed by atoms with Crippen LogP contribution in [0, 0.1) is 0 Å². The smallest absolute Gasteiger partial charge is 0.269 e. The molecule has 3 heteroatoms. The number of rotatable bonds is 1. The maximum absolute atomic E-state index is 11.2. The third-order valence-corrected chi connectivity index (χ3v) is 1.96. The molecule has 1 fully saturated rings. The van der Waals surface area contributed by atoms with Crippen LogP contribution in [0.15, 0.2) is 4.99 Å². The lowest BCUT2D eigenvalue weighted by atomic mass is 10.4. The summed E-state index contributed by atoms with van der Waals surface area (Å²) in [7, 11) is 0. The summed E-state index contributed by atoms with van der Waals surface area (Å²) in [4.78, 5) is 17.0. The predicted octanol–water partition coefficient (Wildman–Crippen LogP) is 0.0634. The molecule has 10 heavy (non-hydrogen) atoms. The molecule has 0 aromatic carbocycles. The Morgan fingerprint density at radius 3 is 2.50 bits per heavy atom. The molecule has 0 radical (unpaired) electrons. The Balaban J connectivity index is 1.96. The monoisotopic (exact) mass is 138 g/mol. The third kappa shape index (κ3) is 0.916. The third-order valence-electron chi connectivity index (χ3n) is 1.96. The molecule has 0 aromatic heterocycles. The van der Waals surface area contributed by atoms with Crippen molar-refractivity contribution in [2.75, 3.05) is 19.6 Å². The summed E-state index contributed by atoms with van der Waals surface area (Å²) in [6.45, 7) is 2.57. The number of carbonyl (C=O) groups excluding carboxylic acids is 1. The maximum Gasteiger partial charge on any atom is 0.269 e. The van der Waals surface area contributed by atoms with Gasteiger partial charge in [0.25, 0.3) is 5.91 Å². The zero-order valence-corrected chi connectivity index (χ0v) is 5.84. The van der Waals surface area contributed by atoms with Crippen molar-refractivity contribution < 1.29 is 4.79 Å². The molecule has 1 saturated heterocycles. The topological polar surface area (TPSA) is 32.7 Å². The van der Waals surface area contributed by atoms with Gasteiger partial charge >= 0.3 is 0 Å². The molecule has 2 rings (SSSR count). The molecule has 0 atom stereocenters. The van der Waals surface area contributed by atoms with E-state index in [2.05, 4.69) is 4.99 Å². The van der Waals surface area contributed by atoms with E-state index in [4.69, 9.17) is 0 Å². The van der Waals surface area contributed by atoms with Crippen LogP contribution in [0.3, 0.4) is 0 Å². The van der Waals surface area contributed by atoms with Gasteiger partial charge in [-0.1, -0.05) is 0 Å². The van der Waals surface area contributed by atoms with Crippen molar-refractivity contribution in [3.05, 3.63) is 0 Å². The Labute approximate surface area is 59.7 Å². The maximum atomic E-state index is 11.2. The molecule has 0 bridgehead atoms. The number of likely N-dealkylation sites (tertiary alicyclic amines) is 1. The number of amides is 1. The second-order valence-corrected chi connectivity index (χ2v) is 2.76. The fraction of sp³-hybridized carbons (Fsp3) is 0.714. The molecule has 54 valence electrons. The summed E-state index contributed by atoms with van der Waals surface area (Å²) < 4.78 is 0. The molecule has 1 amide bonds. The van der Waals surface area contributed by atoms with E-state index < -0.39 is 0 Å². The minimum Gasteiger partial charge on any atom is -0.338 e. The minimum absolute atomic E-state index is 0.178. The zero-order chi connectivity index (χ0) is 6.97. The standard InChI is InChI=1S/C7H10N2O/c10-7(6-5-8-6)9-3-1-2-4-9/h1-5H2. The van der Waals surface area contributed by atoms with Crippen LogP contribution >= 0.6 is 0 Å². The summed E-state index contributed by atoms with van der Waals surface area (Å²) in [6, 6.07) is 0. The van der Waals surface area contributed by atoms with Crippen molar-refractivity contribution in [1.29, 1.82) is 0 Å². The molecule has 2 aliphatic rings. The first-order valence-corrected chi connectivity index (χ1v) is 3.70. The molecule has 3 nitrogen and oxygen atoms in total. The molecule has 0 N–H and O–H groups in total. The van der Waals surface area contributed by atoms with E-state index in [9.17, 15) is 4.79 Å². The molecule has 0 spiro atoms. The van der Waals surface area contributed by atoms with Gasteiger partial charge in [-0.15, -0.1) is 0 Å². The number of carbonyl (C=O) groups is 1. The first-order chi connectivity index (χ1) is 4.88. The van der Waals surface area contributed by atoms with Gasteiger partial charge in [0, 0.05) is 13.1 Å². The lowest BCUT2D eigenvalue weighted by Gasteiger charge is -2.10. The highest BCUT2D eigenvalue weighted by Gasteiger charge is 2.26. The van der Waals surface area contributed by atoms with Gasteiger partial charge in [-0.25, -0.2) is 0 Å². The van der Waals surface area contributed by atoms with Gasteiger partial charge in [-0.3, -0.25) is 9.79 Å². The van der Waals surface area contributed by atoms with Gasteiger partial charge in [-0.05, 0) is 12.8 Å². The van der Waals surface area contributed by atoms with Crippen LogP contribution in [0.1, 0.15) is 12.8 Å². The average molecular weight is 138 g/mol. The van der Waals surface area contributed by atoms with E-state index >= 15 is 0 Å². The second kappa shape index (κ2) is 2.08. The number of aliphatic imine (C=N–C) groups is 1. The Morgan fingerprint density at radius 1 is 1.40 bits per heavy atom. The Bertz CT molecular complexity index is 192. The number of hydrogen-bond acceptors (Lipinski definition) is 2. The summed E-state index contributed by atoms with van der Waals surface area (Å²) in [5.41, 5.74) is 0.780. The lowest BCUT2D eigenvalue weighted by molar-refractivity contribution is -0.122. The summed E-state index contributed by atoms with van der Waals surface area (Å²) in [6.07, 6.45) is 2.33. The van der Waals surface area contributed by atoms with Crippen LogP contribution in [0.5, 0.6) is 0 Å². The van der Waals surface area contributed by atoms with Crippen molar-refractivity contribution in [2.45, 2.75) is 12.8 Å². The summed E-state index contributed by atoms with van der Waals surface area (Å²) in [5.74, 6) is 0.178. The van der Waals surface area contributed by atoms with E-state index in [1.807, 2.05) is 4.90 Å². The number of hydrogen-bond donors (Lipinski definition) is 0. The van der Waals surface area contributed by atoms with Gasteiger partial charge in [0.05, 0.1) is 6.54 Å². The molecule has 2 heterocycles. The van der Waals surface area contributed by atoms with Gasteiger partial charge in [0.2, 0.25) is 0 Å². The van der Waals surface area contributed by atoms with E-state index in [1.54, 1.807) is 0 Å². The van der Waals surface area contributed by atoms with E-state index in [1.165, 1.54) is 12.8 Å². The Kier molecular flexibility index (Phi) is 1.22. The van der Waals surface area contributed by atoms with E-state index in [0.717, 1.165) is 18.8 Å². The predicted molar refractivity (Wildman–Crippen MR) is 38.1 cm³/mol. The highest BCUT2D eigenvalue weighted by atomic mass is 16.2. The van der Waals surface area contributed by atoms with Crippen LogP contribution in [0.25, 0.3) is 0 Å². The fourth-order valence-electron chi connectivity index (χ4n) is 1.28. The molecular formula is C7H10N2O. The van der Waals surface area contributed by atoms with E-state index in [-0.39, 0.29) is 5.91 Å². The van der Waals surface area contributed by atoms with Gasteiger partial charge in [0.15, 0.2) is 0 Å². The summed E-state index contributed by atoms with van der Waals surface area (Å²) >= 11 is 0. The Hall–Kier alpha value is -0.860. The SMILES string of the molecule is O=C(C1=NC1)N1CCCC1. The molecular weight excluding hydrogens is 128 g/mol. The van der Waals surface area contributed by atoms with Gasteiger partial charge < -0.3 is 4.90 Å². The fourth-order valence-corrected chi connectivity index (χ4v) is 1.28. The van der Waals surface area contributed by atoms with Crippen LogP contribution < -0.4 is 0 Å². The summed E-state index contributed by atoms with van der Waals surface area (Å²) in [5, 5.41) is 0. The largest absolute Gasteiger partial charge is 0.338 e. The van der Waals surface area contributed by atoms with Crippen LogP contribution in [0.2, 0.25) is 0 Å². The van der Waals surface area contributed by atoms with Crippen molar-refractivity contribution in [2.24, 2.45) is 4.99 Å². The lowest BCUT2D eigenvalue weighted by Crippen LogP contribution is -2.30. The van der Waals surface area contributed by atoms with Crippen molar-refractivity contribution in [3.63, 3.8) is 0 Å². The van der Waals surface area contributed by atoms with Crippen LogP contribution in [-0.2, 0) is 4.79 Å². The molecule has 0 aliphatic carbocycles. The quantitative estimate of drug-likeness (QED) is 0.504. The van der Waals surface area contributed by atoms with Crippen LogP contribution in [-0.4, -0.2) is 36.2 Å². The highest BCUT2D eigenvalue weighted by Crippen LogP contribution is 2.10. The Morgan fingerprint density at radius 2 is 2.00 bits per heavy atom. The number of nitrogens with zero attached hydrogens (tertiary/aromatic N) is 2.